The molecule has 0 spiro atoms. The van der Waals surface area contributed by atoms with Gasteiger partial charge in [0.2, 0.25) is 6.10 Å². The van der Waals surface area contributed by atoms with Gasteiger partial charge in [0.25, 0.3) is 5.91 Å². The van der Waals surface area contributed by atoms with Crippen LogP contribution in [0.3, 0.4) is 0 Å². The molecule has 1 N–H and O–H groups in total. The second-order valence-electron chi connectivity index (χ2n) is 6.86. The fourth-order valence-electron chi connectivity index (χ4n) is 3.44. The molecule has 0 aromatic heterocycles. The molecule has 3 rings (SSSR count). The Labute approximate surface area is 159 Å². The van der Waals surface area contributed by atoms with Gasteiger partial charge in [0, 0.05) is 23.7 Å². The Balaban J connectivity index is 1.72. The van der Waals surface area contributed by atoms with E-state index in [2.05, 4.69) is 5.32 Å². The first-order chi connectivity index (χ1) is 13.2. The summed E-state index contributed by atoms with van der Waals surface area (Å²) in [5, 5.41) is 2.82. The molecule has 5 nitrogen and oxygen atoms in total. The standard InChI is InChI=1S/C22H25NO4/c1-26-19-13-7-12-18(15-19)23-22(25)21(17-10-3-2-4-11-17)27-20(24)14-16-8-5-6-9-16/h2-4,7,10-13,15-16,21H,5-6,8-9,14H2,1H3,(H,23,25)/t21-/m0/s1. The zero-order valence-electron chi connectivity index (χ0n) is 15.5. The number of hydrogen-bond donors (Lipinski definition) is 1. The van der Waals surface area contributed by atoms with Gasteiger partial charge in [-0.2, -0.15) is 0 Å². The maximum Gasteiger partial charge on any atom is 0.307 e. The zero-order chi connectivity index (χ0) is 19.1. The molecular formula is C22H25NO4. The van der Waals surface area contributed by atoms with E-state index < -0.39 is 6.10 Å². The number of carbonyl (C=O) groups excluding carboxylic acids is 2. The van der Waals surface area contributed by atoms with Crippen molar-refractivity contribution in [3.63, 3.8) is 0 Å². The van der Waals surface area contributed by atoms with Crippen LogP contribution in [0, 0.1) is 5.92 Å². The lowest BCUT2D eigenvalue weighted by Gasteiger charge is -2.19. The van der Waals surface area contributed by atoms with Gasteiger partial charge in [-0.3, -0.25) is 9.59 Å². The van der Waals surface area contributed by atoms with Crippen molar-refractivity contribution in [1.29, 1.82) is 0 Å². The maximum atomic E-state index is 12.9. The summed E-state index contributed by atoms with van der Waals surface area (Å²) in [5.74, 6) is 0.309. The van der Waals surface area contributed by atoms with Gasteiger partial charge in [-0.05, 0) is 30.9 Å². The number of esters is 1. The Kier molecular flexibility index (Phi) is 6.47. The quantitative estimate of drug-likeness (QED) is 0.732. The van der Waals surface area contributed by atoms with Crippen molar-refractivity contribution in [1.82, 2.24) is 0 Å². The van der Waals surface area contributed by atoms with Crippen molar-refractivity contribution in [2.24, 2.45) is 5.92 Å². The van der Waals surface area contributed by atoms with E-state index in [0.29, 0.717) is 29.3 Å². The Morgan fingerprint density at radius 2 is 1.81 bits per heavy atom. The van der Waals surface area contributed by atoms with Crippen molar-refractivity contribution in [3.05, 3.63) is 60.2 Å². The van der Waals surface area contributed by atoms with Crippen molar-refractivity contribution >= 4 is 17.6 Å². The lowest BCUT2D eigenvalue weighted by molar-refractivity contribution is -0.155. The van der Waals surface area contributed by atoms with Gasteiger partial charge in [0.15, 0.2) is 0 Å². The first kappa shape index (κ1) is 19.0. The van der Waals surface area contributed by atoms with E-state index in [1.54, 1.807) is 43.5 Å². The van der Waals surface area contributed by atoms with Gasteiger partial charge in [0.05, 0.1) is 7.11 Å². The fourth-order valence-corrected chi connectivity index (χ4v) is 3.44. The molecule has 1 aliphatic rings. The van der Waals surface area contributed by atoms with Gasteiger partial charge in [0.1, 0.15) is 5.75 Å². The molecule has 1 fully saturated rings. The van der Waals surface area contributed by atoms with Crippen LogP contribution in [0.2, 0.25) is 0 Å². The lowest BCUT2D eigenvalue weighted by Crippen LogP contribution is -2.26. The van der Waals surface area contributed by atoms with Crippen LogP contribution in [0.5, 0.6) is 5.75 Å². The summed E-state index contributed by atoms with van der Waals surface area (Å²) in [5.41, 5.74) is 1.24. The average molecular weight is 367 g/mol. The molecule has 5 heteroatoms. The van der Waals surface area contributed by atoms with Gasteiger partial charge >= 0.3 is 5.97 Å². The molecule has 0 aliphatic heterocycles. The third kappa shape index (κ3) is 5.33. The number of ether oxygens (including phenoxy) is 2. The molecule has 2 aromatic carbocycles. The highest BCUT2D eigenvalue weighted by atomic mass is 16.5. The first-order valence-corrected chi connectivity index (χ1v) is 9.35. The van der Waals surface area contributed by atoms with Crippen LogP contribution in [-0.4, -0.2) is 19.0 Å². The van der Waals surface area contributed by atoms with E-state index >= 15 is 0 Å². The highest BCUT2D eigenvalue weighted by Gasteiger charge is 2.27. The minimum atomic E-state index is -0.980. The molecule has 0 bridgehead atoms. The monoisotopic (exact) mass is 367 g/mol. The van der Waals surface area contributed by atoms with Crippen LogP contribution < -0.4 is 10.1 Å². The molecule has 0 heterocycles. The second-order valence-corrected chi connectivity index (χ2v) is 6.86. The Morgan fingerprint density at radius 1 is 1.07 bits per heavy atom. The summed E-state index contributed by atoms with van der Waals surface area (Å²) >= 11 is 0. The predicted molar refractivity (Wildman–Crippen MR) is 103 cm³/mol. The van der Waals surface area contributed by atoms with Crippen molar-refractivity contribution < 1.29 is 19.1 Å². The maximum absolute atomic E-state index is 12.9. The molecule has 27 heavy (non-hydrogen) atoms. The lowest BCUT2D eigenvalue weighted by atomic mass is 10.0. The molecule has 1 saturated carbocycles. The molecule has 0 saturated heterocycles. The fraction of sp³-hybridized carbons (Fsp3) is 0.364. The van der Waals surface area contributed by atoms with Gasteiger partial charge in [-0.25, -0.2) is 0 Å². The highest BCUT2D eigenvalue weighted by Crippen LogP contribution is 2.29. The number of benzene rings is 2. The van der Waals surface area contributed by atoms with E-state index in [-0.39, 0.29) is 11.9 Å². The molecule has 1 aliphatic carbocycles. The number of rotatable bonds is 7. The third-order valence-electron chi connectivity index (χ3n) is 4.86. The molecule has 0 radical (unpaired) electrons. The van der Waals surface area contributed by atoms with Crippen LogP contribution in [0.4, 0.5) is 5.69 Å². The molecule has 1 amide bonds. The van der Waals surface area contributed by atoms with E-state index in [0.717, 1.165) is 25.7 Å². The van der Waals surface area contributed by atoms with Crippen LogP contribution in [0.25, 0.3) is 0 Å². The first-order valence-electron chi connectivity index (χ1n) is 9.35. The van der Waals surface area contributed by atoms with E-state index in [4.69, 9.17) is 9.47 Å². The smallest absolute Gasteiger partial charge is 0.307 e. The minimum absolute atomic E-state index is 0.323. The zero-order valence-corrected chi connectivity index (χ0v) is 15.5. The Hall–Kier alpha value is -2.82. The predicted octanol–water partition coefficient (Wildman–Crippen LogP) is 4.50. The topological polar surface area (TPSA) is 64.6 Å². The summed E-state index contributed by atoms with van der Waals surface area (Å²) in [4.78, 5) is 25.3. The Morgan fingerprint density at radius 3 is 2.52 bits per heavy atom. The van der Waals surface area contributed by atoms with E-state index in [1.807, 2.05) is 18.2 Å². The summed E-state index contributed by atoms with van der Waals surface area (Å²) in [6.07, 6.45) is 3.83. The summed E-state index contributed by atoms with van der Waals surface area (Å²) in [6.45, 7) is 0. The van der Waals surface area contributed by atoms with Crippen molar-refractivity contribution in [2.75, 3.05) is 12.4 Å². The number of amides is 1. The van der Waals surface area contributed by atoms with E-state index in [9.17, 15) is 9.59 Å². The van der Waals surface area contributed by atoms with Crippen LogP contribution >= 0.6 is 0 Å². The number of hydrogen-bond acceptors (Lipinski definition) is 4. The minimum Gasteiger partial charge on any atom is -0.497 e. The summed E-state index contributed by atoms with van der Waals surface area (Å²) in [6, 6.07) is 16.2. The number of carbonyl (C=O) groups is 2. The van der Waals surface area contributed by atoms with Crippen LogP contribution in [0.1, 0.15) is 43.8 Å². The number of methoxy groups -OCH3 is 1. The highest BCUT2D eigenvalue weighted by molar-refractivity contribution is 5.96. The molecule has 2 aromatic rings. The summed E-state index contributed by atoms with van der Waals surface area (Å²) < 4.78 is 10.8. The Bertz CT molecular complexity index is 769. The van der Waals surface area contributed by atoms with Gasteiger partial charge < -0.3 is 14.8 Å². The van der Waals surface area contributed by atoms with Crippen LogP contribution in [-0.2, 0) is 14.3 Å². The van der Waals surface area contributed by atoms with Crippen LogP contribution in [0.15, 0.2) is 54.6 Å². The molecule has 142 valence electrons. The molecular weight excluding hydrogens is 342 g/mol. The molecule has 1 atom stereocenters. The third-order valence-corrected chi connectivity index (χ3v) is 4.86. The molecule has 0 unspecified atom stereocenters. The normalized spacial score (nSPS) is 15.1. The van der Waals surface area contributed by atoms with E-state index in [1.165, 1.54) is 0 Å². The van der Waals surface area contributed by atoms with Crippen molar-refractivity contribution in [2.45, 2.75) is 38.2 Å². The average Bonchev–Trinajstić information content (AvgIpc) is 3.19. The van der Waals surface area contributed by atoms with Gasteiger partial charge in [-0.15, -0.1) is 0 Å². The van der Waals surface area contributed by atoms with Crippen molar-refractivity contribution in [3.8, 4) is 5.75 Å². The number of nitrogens with one attached hydrogen (secondary N) is 1. The summed E-state index contributed by atoms with van der Waals surface area (Å²) in [7, 11) is 1.57. The SMILES string of the molecule is COc1cccc(NC(=O)[C@@H](OC(=O)CC2CCCC2)c2ccccc2)c1. The second kappa shape index (κ2) is 9.21. The van der Waals surface area contributed by atoms with Gasteiger partial charge in [-0.1, -0.05) is 49.2 Å². The number of anilines is 1. The largest absolute Gasteiger partial charge is 0.497 e.